The van der Waals surface area contributed by atoms with Crippen molar-refractivity contribution in [1.82, 2.24) is 15.2 Å². The molecule has 0 aromatic carbocycles. The van der Waals surface area contributed by atoms with Gasteiger partial charge in [-0.1, -0.05) is 30.2 Å². The number of pyridine rings is 1. The average molecular weight is 300 g/mol. The van der Waals surface area contributed by atoms with E-state index in [9.17, 15) is 0 Å². The minimum atomic E-state index is 0.692. The van der Waals surface area contributed by atoms with Gasteiger partial charge in [0.05, 0.1) is 0 Å². The van der Waals surface area contributed by atoms with E-state index < -0.39 is 0 Å². The summed E-state index contributed by atoms with van der Waals surface area (Å²) >= 11 is 1.69. The first-order valence-corrected chi connectivity index (χ1v) is 8.75. The van der Waals surface area contributed by atoms with E-state index in [1.165, 1.54) is 38.5 Å². The summed E-state index contributed by atoms with van der Waals surface area (Å²) < 4.78 is 0. The standard InChI is InChI=1S/C16H20N4S/c1-2-7-12(6-1)14-9-5-11-20(14)16-19-18-15(21-16)13-8-3-4-10-17-13/h3-4,8,10,12,14H,1-2,5-7,9,11H2. The Morgan fingerprint density at radius 1 is 1.05 bits per heavy atom. The molecule has 0 spiro atoms. The molecule has 1 saturated carbocycles. The van der Waals surface area contributed by atoms with Gasteiger partial charge in [0.25, 0.3) is 0 Å². The van der Waals surface area contributed by atoms with E-state index in [-0.39, 0.29) is 0 Å². The van der Waals surface area contributed by atoms with Crippen LogP contribution in [0.1, 0.15) is 38.5 Å². The first kappa shape index (κ1) is 13.2. The lowest BCUT2D eigenvalue weighted by atomic mass is 9.96. The lowest BCUT2D eigenvalue weighted by molar-refractivity contribution is 0.430. The van der Waals surface area contributed by atoms with Crippen LogP contribution >= 0.6 is 11.3 Å². The zero-order chi connectivity index (χ0) is 14.1. The number of hydrogen-bond donors (Lipinski definition) is 0. The Morgan fingerprint density at radius 3 is 2.76 bits per heavy atom. The highest BCUT2D eigenvalue weighted by molar-refractivity contribution is 7.18. The molecule has 1 unspecified atom stereocenters. The molecule has 5 heteroatoms. The molecule has 21 heavy (non-hydrogen) atoms. The van der Waals surface area contributed by atoms with E-state index in [4.69, 9.17) is 0 Å². The lowest BCUT2D eigenvalue weighted by Gasteiger charge is -2.28. The first-order chi connectivity index (χ1) is 10.4. The van der Waals surface area contributed by atoms with Gasteiger partial charge in [-0.25, -0.2) is 0 Å². The van der Waals surface area contributed by atoms with Crippen molar-refractivity contribution in [3.05, 3.63) is 24.4 Å². The third kappa shape index (κ3) is 2.55. The Hall–Kier alpha value is -1.49. The molecule has 1 atom stereocenters. The Balaban J connectivity index is 1.57. The molecule has 0 radical (unpaired) electrons. The fourth-order valence-corrected chi connectivity index (χ4v) is 4.69. The Bertz CT molecular complexity index is 591. The maximum atomic E-state index is 4.45. The van der Waals surface area contributed by atoms with Crippen molar-refractivity contribution in [1.29, 1.82) is 0 Å². The molecular weight excluding hydrogens is 280 g/mol. The Kier molecular flexibility index (Phi) is 3.59. The second kappa shape index (κ2) is 5.72. The molecule has 1 aliphatic heterocycles. The molecule has 2 aliphatic rings. The van der Waals surface area contributed by atoms with Gasteiger partial charge in [0.2, 0.25) is 5.13 Å². The third-order valence-electron chi connectivity index (χ3n) is 4.79. The van der Waals surface area contributed by atoms with E-state index in [0.29, 0.717) is 6.04 Å². The van der Waals surface area contributed by atoms with Crippen LogP contribution in [0.2, 0.25) is 0 Å². The van der Waals surface area contributed by atoms with Crippen LogP contribution in [0.25, 0.3) is 10.7 Å². The molecule has 110 valence electrons. The topological polar surface area (TPSA) is 41.9 Å². The highest BCUT2D eigenvalue weighted by Crippen LogP contribution is 2.39. The summed E-state index contributed by atoms with van der Waals surface area (Å²) in [5.41, 5.74) is 0.929. The minimum Gasteiger partial charge on any atom is -0.343 e. The van der Waals surface area contributed by atoms with Gasteiger partial charge in [-0.05, 0) is 43.7 Å². The normalized spacial score (nSPS) is 23.0. The van der Waals surface area contributed by atoms with Crippen LogP contribution in [0, 0.1) is 5.92 Å². The van der Waals surface area contributed by atoms with E-state index in [2.05, 4.69) is 20.1 Å². The fourth-order valence-electron chi connectivity index (χ4n) is 3.79. The zero-order valence-corrected chi connectivity index (χ0v) is 12.9. The minimum absolute atomic E-state index is 0.692. The van der Waals surface area contributed by atoms with Crippen LogP contribution in [0.4, 0.5) is 5.13 Å². The second-order valence-electron chi connectivity index (χ2n) is 6.05. The molecular formula is C16H20N4S. The molecule has 2 aromatic heterocycles. The van der Waals surface area contributed by atoms with Crippen molar-refractivity contribution in [2.75, 3.05) is 11.4 Å². The van der Waals surface area contributed by atoms with E-state index >= 15 is 0 Å². The van der Waals surface area contributed by atoms with E-state index in [1.54, 1.807) is 11.3 Å². The van der Waals surface area contributed by atoms with Gasteiger partial charge >= 0.3 is 0 Å². The Morgan fingerprint density at radius 2 is 1.95 bits per heavy atom. The van der Waals surface area contributed by atoms with Gasteiger partial charge in [0.15, 0.2) is 5.01 Å². The quantitative estimate of drug-likeness (QED) is 0.865. The molecule has 1 saturated heterocycles. The summed E-state index contributed by atoms with van der Waals surface area (Å²) in [6.45, 7) is 1.14. The maximum absolute atomic E-state index is 4.45. The van der Waals surface area contributed by atoms with Crippen molar-refractivity contribution >= 4 is 16.5 Å². The molecule has 0 N–H and O–H groups in total. The monoisotopic (exact) mass is 300 g/mol. The van der Waals surface area contributed by atoms with Gasteiger partial charge in [-0.3, -0.25) is 4.98 Å². The molecule has 0 amide bonds. The van der Waals surface area contributed by atoms with Crippen LogP contribution in [-0.2, 0) is 0 Å². The molecule has 0 bridgehead atoms. The van der Waals surface area contributed by atoms with Crippen LogP contribution < -0.4 is 4.90 Å². The third-order valence-corrected chi connectivity index (χ3v) is 5.77. The summed E-state index contributed by atoms with van der Waals surface area (Å²) in [7, 11) is 0. The maximum Gasteiger partial charge on any atom is 0.208 e. The number of aromatic nitrogens is 3. The summed E-state index contributed by atoms with van der Waals surface area (Å²) in [5.74, 6) is 0.870. The number of nitrogens with zero attached hydrogens (tertiary/aromatic N) is 4. The van der Waals surface area contributed by atoms with E-state index in [0.717, 1.165) is 28.3 Å². The van der Waals surface area contributed by atoms with Crippen molar-refractivity contribution in [2.24, 2.45) is 5.92 Å². The van der Waals surface area contributed by atoms with Crippen LogP contribution in [-0.4, -0.2) is 27.8 Å². The Labute approximate surface area is 129 Å². The van der Waals surface area contributed by atoms with Crippen molar-refractivity contribution in [3.63, 3.8) is 0 Å². The van der Waals surface area contributed by atoms with Crippen LogP contribution in [0.15, 0.2) is 24.4 Å². The van der Waals surface area contributed by atoms with E-state index in [1.807, 2.05) is 24.4 Å². The number of hydrogen-bond acceptors (Lipinski definition) is 5. The SMILES string of the molecule is c1ccc(-c2nnc(N3CCCC3C3CCCC3)s2)nc1. The summed E-state index contributed by atoms with van der Waals surface area (Å²) in [5, 5.41) is 10.8. The summed E-state index contributed by atoms with van der Waals surface area (Å²) in [4.78, 5) is 6.89. The molecule has 3 heterocycles. The van der Waals surface area contributed by atoms with Crippen molar-refractivity contribution < 1.29 is 0 Å². The van der Waals surface area contributed by atoms with Crippen molar-refractivity contribution in [3.8, 4) is 10.7 Å². The predicted octanol–water partition coefficient (Wildman–Crippen LogP) is 3.76. The first-order valence-electron chi connectivity index (χ1n) is 7.93. The van der Waals surface area contributed by atoms with Crippen LogP contribution in [0.5, 0.6) is 0 Å². The average Bonchev–Trinajstić information content (AvgIpc) is 3.27. The summed E-state index contributed by atoms with van der Waals surface area (Å²) in [6.07, 6.45) is 10.0. The molecule has 4 rings (SSSR count). The largest absolute Gasteiger partial charge is 0.343 e. The molecule has 4 nitrogen and oxygen atoms in total. The van der Waals surface area contributed by atoms with Gasteiger partial charge < -0.3 is 4.90 Å². The van der Waals surface area contributed by atoms with Gasteiger partial charge in [-0.15, -0.1) is 10.2 Å². The van der Waals surface area contributed by atoms with Gasteiger partial charge in [0, 0.05) is 18.8 Å². The van der Waals surface area contributed by atoms with Crippen molar-refractivity contribution in [2.45, 2.75) is 44.6 Å². The zero-order valence-electron chi connectivity index (χ0n) is 12.1. The molecule has 2 aromatic rings. The summed E-state index contributed by atoms with van der Waals surface area (Å²) in [6, 6.07) is 6.63. The highest BCUT2D eigenvalue weighted by Gasteiger charge is 2.34. The van der Waals surface area contributed by atoms with Gasteiger partial charge in [0.1, 0.15) is 5.69 Å². The highest BCUT2D eigenvalue weighted by atomic mass is 32.1. The molecule has 2 fully saturated rings. The molecule has 1 aliphatic carbocycles. The predicted molar refractivity (Wildman–Crippen MR) is 85.5 cm³/mol. The van der Waals surface area contributed by atoms with Gasteiger partial charge in [-0.2, -0.15) is 0 Å². The van der Waals surface area contributed by atoms with Crippen LogP contribution in [0.3, 0.4) is 0 Å². The second-order valence-corrected chi connectivity index (χ2v) is 7.01. The lowest BCUT2D eigenvalue weighted by Crippen LogP contribution is -2.34. The number of anilines is 1. The smallest absolute Gasteiger partial charge is 0.208 e. The number of rotatable bonds is 3. The fraction of sp³-hybridized carbons (Fsp3) is 0.562.